The lowest BCUT2D eigenvalue weighted by Gasteiger charge is -2.17. The van der Waals surface area contributed by atoms with Crippen molar-refractivity contribution in [3.8, 4) is 5.75 Å². The predicted molar refractivity (Wildman–Crippen MR) is 77.6 cm³/mol. The van der Waals surface area contributed by atoms with E-state index in [0.29, 0.717) is 6.61 Å². The summed E-state index contributed by atoms with van der Waals surface area (Å²) in [5, 5.41) is 10.6. The zero-order valence-corrected chi connectivity index (χ0v) is 11.7. The molecule has 1 unspecified atom stereocenters. The third-order valence-corrected chi connectivity index (χ3v) is 3.30. The van der Waals surface area contributed by atoms with Crippen molar-refractivity contribution in [3.05, 3.63) is 64.7 Å². The number of rotatable bonds is 4. The van der Waals surface area contributed by atoms with Gasteiger partial charge < -0.3 is 9.84 Å². The molecule has 0 aliphatic heterocycles. The molecule has 0 heterocycles. The van der Waals surface area contributed by atoms with Gasteiger partial charge in [0.25, 0.3) is 0 Å². The molecule has 0 spiro atoms. The minimum Gasteiger partial charge on any atom is -0.494 e. The fraction of sp³-hybridized carbons (Fsp3) is 0.294. The summed E-state index contributed by atoms with van der Waals surface area (Å²) < 4.78 is 5.48. The van der Waals surface area contributed by atoms with E-state index >= 15 is 0 Å². The molecule has 0 bridgehead atoms. The topological polar surface area (TPSA) is 29.5 Å². The first-order chi connectivity index (χ1) is 9.13. The van der Waals surface area contributed by atoms with Gasteiger partial charge in [-0.15, -0.1) is 0 Å². The second kappa shape index (κ2) is 5.89. The van der Waals surface area contributed by atoms with Gasteiger partial charge in [0, 0.05) is 0 Å². The van der Waals surface area contributed by atoms with Crippen molar-refractivity contribution < 1.29 is 9.84 Å². The average molecular weight is 256 g/mol. The first-order valence-corrected chi connectivity index (χ1v) is 6.60. The fourth-order valence-corrected chi connectivity index (χ4v) is 2.37. The molecule has 0 aliphatic carbocycles. The van der Waals surface area contributed by atoms with Crippen molar-refractivity contribution in [1.82, 2.24) is 0 Å². The second-order valence-electron chi connectivity index (χ2n) is 4.71. The first kappa shape index (κ1) is 13.6. The Morgan fingerprint density at radius 1 is 1.05 bits per heavy atom. The molecule has 2 nitrogen and oxygen atoms in total. The molecule has 2 aromatic carbocycles. The van der Waals surface area contributed by atoms with Crippen molar-refractivity contribution in [2.75, 3.05) is 6.61 Å². The summed E-state index contributed by atoms with van der Waals surface area (Å²) in [6, 6.07) is 13.7. The average Bonchev–Trinajstić information content (AvgIpc) is 2.39. The van der Waals surface area contributed by atoms with E-state index in [1.54, 1.807) is 0 Å². The zero-order chi connectivity index (χ0) is 13.8. The Bertz CT molecular complexity index is 541. The maximum Gasteiger partial charge on any atom is 0.119 e. The number of aliphatic hydroxyl groups is 1. The van der Waals surface area contributed by atoms with Crippen LogP contribution in [0.3, 0.4) is 0 Å². The van der Waals surface area contributed by atoms with Gasteiger partial charge in [-0.05, 0) is 55.2 Å². The largest absolute Gasteiger partial charge is 0.494 e. The van der Waals surface area contributed by atoms with Gasteiger partial charge in [0.1, 0.15) is 11.9 Å². The van der Waals surface area contributed by atoms with Crippen molar-refractivity contribution in [3.63, 3.8) is 0 Å². The molecule has 0 saturated carbocycles. The Hall–Kier alpha value is -1.80. The van der Waals surface area contributed by atoms with Gasteiger partial charge in [0.05, 0.1) is 6.61 Å². The summed E-state index contributed by atoms with van der Waals surface area (Å²) in [4.78, 5) is 0. The maximum absolute atomic E-state index is 10.6. The number of hydrogen-bond donors (Lipinski definition) is 1. The molecule has 2 aromatic rings. The van der Waals surface area contributed by atoms with E-state index in [2.05, 4.69) is 0 Å². The number of hydrogen-bond acceptors (Lipinski definition) is 2. The van der Waals surface area contributed by atoms with E-state index in [1.165, 1.54) is 0 Å². The Morgan fingerprint density at radius 3 is 2.32 bits per heavy atom. The van der Waals surface area contributed by atoms with Crippen LogP contribution in [0, 0.1) is 13.8 Å². The van der Waals surface area contributed by atoms with Crippen LogP contribution in [0.5, 0.6) is 5.75 Å². The molecule has 0 saturated heterocycles. The van der Waals surface area contributed by atoms with Crippen LogP contribution in [0.1, 0.15) is 35.3 Å². The van der Waals surface area contributed by atoms with E-state index in [1.807, 2.05) is 63.2 Å². The van der Waals surface area contributed by atoms with Crippen molar-refractivity contribution >= 4 is 0 Å². The van der Waals surface area contributed by atoms with Crippen LogP contribution in [0.15, 0.2) is 42.5 Å². The Labute approximate surface area is 114 Å². The van der Waals surface area contributed by atoms with Crippen molar-refractivity contribution in [1.29, 1.82) is 0 Å². The van der Waals surface area contributed by atoms with Crippen molar-refractivity contribution in [2.24, 2.45) is 0 Å². The molecule has 1 N–H and O–H groups in total. The van der Waals surface area contributed by atoms with Gasteiger partial charge in [0.15, 0.2) is 0 Å². The lowest BCUT2D eigenvalue weighted by atomic mass is 9.93. The van der Waals surface area contributed by atoms with Gasteiger partial charge in [-0.1, -0.05) is 30.3 Å². The first-order valence-electron chi connectivity index (χ1n) is 6.60. The smallest absolute Gasteiger partial charge is 0.119 e. The van der Waals surface area contributed by atoms with Gasteiger partial charge in [-0.3, -0.25) is 0 Å². The molecular formula is C17H20O2. The highest BCUT2D eigenvalue weighted by Crippen LogP contribution is 2.29. The van der Waals surface area contributed by atoms with E-state index in [9.17, 15) is 5.11 Å². The van der Waals surface area contributed by atoms with Crippen LogP contribution < -0.4 is 4.74 Å². The normalized spacial score (nSPS) is 12.2. The van der Waals surface area contributed by atoms with Crippen LogP contribution in [0.25, 0.3) is 0 Å². The van der Waals surface area contributed by atoms with Crippen LogP contribution in [-0.2, 0) is 0 Å². The molecule has 0 radical (unpaired) electrons. The summed E-state index contributed by atoms with van der Waals surface area (Å²) >= 11 is 0. The van der Waals surface area contributed by atoms with Gasteiger partial charge in [-0.25, -0.2) is 0 Å². The standard InChI is InChI=1S/C17H20O2/c1-4-19-15-10-6-9-14(11-15)17(18)16-12(2)7-5-8-13(16)3/h5-11,17-18H,4H2,1-3H3. The third-order valence-electron chi connectivity index (χ3n) is 3.30. The van der Waals surface area contributed by atoms with Crippen LogP contribution in [0.4, 0.5) is 0 Å². The number of aryl methyl sites for hydroxylation is 2. The number of aliphatic hydroxyl groups excluding tert-OH is 1. The summed E-state index contributed by atoms with van der Waals surface area (Å²) in [6.45, 7) is 6.63. The Balaban J connectivity index is 2.38. The van der Waals surface area contributed by atoms with Crippen molar-refractivity contribution in [2.45, 2.75) is 26.9 Å². The summed E-state index contributed by atoms with van der Waals surface area (Å²) in [5.74, 6) is 0.797. The third kappa shape index (κ3) is 2.96. The Kier molecular flexibility index (Phi) is 4.23. The molecule has 0 amide bonds. The Morgan fingerprint density at radius 2 is 1.68 bits per heavy atom. The fourth-order valence-electron chi connectivity index (χ4n) is 2.37. The SMILES string of the molecule is CCOc1cccc(C(O)c2c(C)cccc2C)c1. The minimum absolute atomic E-state index is 0.610. The van der Waals surface area contributed by atoms with Gasteiger partial charge >= 0.3 is 0 Å². The number of ether oxygens (including phenoxy) is 1. The van der Waals surface area contributed by atoms with E-state index in [-0.39, 0.29) is 0 Å². The predicted octanol–water partition coefficient (Wildman–Crippen LogP) is 3.78. The lowest BCUT2D eigenvalue weighted by Crippen LogP contribution is -2.05. The van der Waals surface area contributed by atoms with E-state index in [4.69, 9.17) is 4.74 Å². The summed E-state index contributed by atoms with van der Waals surface area (Å²) in [7, 11) is 0. The number of benzene rings is 2. The maximum atomic E-state index is 10.6. The molecular weight excluding hydrogens is 236 g/mol. The van der Waals surface area contributed by atoms with E-state index in [0.717, 1.165) is 28.0 Å². The van der Waals surface area contributed by atoms with E-state index < -0.39 is 6.10 Å². The van der Waals surface area contributed by atoms with Crippen LogP contribution in [0.2, 0.25) is 0 Å². The van der Waals surface area contributed by atoms with Gasteiger partial charge in [-0.2, -0.15) is 0 Å². The highest BCUT2D eigenvalue weighted by Gasteiger charge is 2.15. The molecule has 2 rings (SSSR count). The second-order valence-corrected chi connectivity index (χ2v) is 4.71. The molecule has 0 fully saturated rings. The molecule has 1 atom stereocenters. The van der Waals surface area contributed by atoms with Crippen LogP contribution in [-0.4, -0.2) is 11.7 Å². The molecule has 2 heteroatoms. The summed E-state index contributed by atoms with van der Waals surface area (Å²) in [6.07, 6.45) is -0.610. The molecule has 0 aliphatic rings. The van der Waals surface area contributed by atoms with Crippen LogP contribution >= 0.6 is 0 Å². The minimum atomic E-state index is -0.610. The molecule has 100 valence electrons. The molecule has 19 heavy (non-hydrogen) atoms. The quantitative estimate of drug-likeness (QED) is 0.902. The monoisotopic (exact) mass is 256 g/mol. The molecule has 0 aromatic heterocycles. The highest BCUT2D eigenvalue weighted by molar-refractivity contribution is 5.42. The van der Waals surface area contributed by atoms with Gasteiger partial charge in [0.2, 0.25) is 0 Å². The lowest BCUT2D eigenvalue weighted by molar-refractivity contribution is 0.218. The highest BCUT2D eigenvalue weighted by atomic mass is 16.5. The summed E-state index contributed by atoms with van der Waals surface area (Å²) in [5.41, 5.74) is 4.06. The zero-order valence-electron chi connectivity index (χ0n) is 11.7.